The van der Waals surface area contributed by atoms with Gasteiger partial charge >= 0.3 is 0 Å². The first kappa shape index (κ1) is 9.77. The van der Waals surface area contributed by atoms with Crippen molar-refractivity contribution in [3.8, 4) is 11.3 Å². The molecule has 0 radical (unpaired) electrons. The van der Waals surface area contributed by atoms with Gasteiger partial charge in [-0.15, -0.1) is 0 Å². The van der Waals surface area contributed by atoms with Crippen molar-refractivity contribution < 1.29 is 0 Å². The van der Waals surface area contributed by atoms with E-state index in [9.17, 15) is 0 Å². The molecule has 0 bridgehead atoms. The van der Waals surface area contributed by atoms with E-state index in [-0.39, 0.29) is 0 Å². The molecule has 16 heavy (non-hydrogen) atoms. The van der Waals surface area contributed by atoms with E-state index in [1.54, 1.807) is 12.5 Å². The Morgan fingerprint density at radius 1 is 1.19 bits per heavy atom. The lowest BCUT2D eigenvalue weighted by molar-refractivity contribution is 1.17. The molecule has 4 heteroatoms. The number of hydrogen-bond acceptors (Lipinski definition) is 2. The third-order valence-corrected chi connectivity index (χ3v) is 3.17. The maximum atomic E-state index is 4.27. The van der Waals surface area contributed by atoms with Crippen LogP contribution in [0.5, 0.6) is 0 Å². The summed E-state index contributed by atoms with van der Waals surface area (Å²) in [5.74, 6) is 0. The molecule has 0 fully saturated rings. The van der Waals surface area contributed by atoms with Gasteiger partial charge in [-0.3, -0.25) is 0 Å². The Hall–Kier alpha value is -1.43. The predicted molar refractivity (Wildman–Crippen MR) is 72.0 cm³/mol. The first-order chi connectivity index (χ1) is 7.84. The summed E-state index contributed by atoms with van der Waals surface area (Å²) in [5, 5.41) is 1.20. The lowest BCUT2D eigenvalue weighted by Gasteiger charge is -1.97. The summed E-state index contributed by atoms with van der Waals surface area (Å²) < 4.78 is 1.22. The molecule has 78 valence electrons. The van der Waals surface area contributed by atoms with Crippen LogP contribution in [-0.4, -0.2) is 15.0 Å². The minimum Gasteiger partial charge on any atom is -0.360 e. The molecule has 0 spiro atoms. The van der Waals surface area contributed by atoms with Gasteiger partial charge in [0.25, 0.3) is 0 Å². The molecule has 0 unspecified atom stereocenters. The van der Waals surface area contributed by atoms with Gasteiger partial charge in [-0.05, 0) is 46.9 Å². The van der Waals surface area contributed by atoms with Gasteiger partial charge in [0.05, 0.1) is 5.69 Å². The lowest BCUT2D eigenvalue weighted by atomic mass is 10.1. The third kappa shape index (κ3) is 1.59. The highest BCUT2D eigenvalue weighted by Crippen LogP contribution is 2.27. The number of nitrogens with one attached hydrogen (secondary N) is 1. The molecule has 2 aromatic heterocycles. The second-order valence-corrected chi connectivity index (χ2v) is 4.73. The van der Waals surface area contributed by atoms with Gasteiger partial charge in [-0.1, -0.05) is 0 Å². The smallest absolute Gasteiger partial charge is 0.116 e. The Morgan fingerprint density at radius 2 is 2.12 bits per heavy atom. The van der Waals surface area contributed by atoms with Crippen LogP contribution < -0.4 is 0 Å². The Bertz CT molecular complexity index is 631. The molecule has 1 aromatic carbocycles. The van der Waals surface area contributed by atoms with Crippen LogP contribution in [0.3, 0.4) is 0 Å². The molecule has 3 rings (SSSR count). The van der Waals surface area contributed by atoms with E-state index in [4.69, 9.17) is 0 Å². The summed E-state index contributed by atoms with van der Waals surface area (Å²) in [6.45, 7) is 0. The van der Waals surface area contributed by atoms with E-state index < -0.39 is 0 Å². The van der Waals surface area contributed by atoms with Gasteiger partial charge in [0.1, 0.15) is 6.33 Å². The molecule has 0 saturated heterocycles. The van der Waals surface area contributed by atoms with Gasteiger partial charge in [-0.2, -0.15) is 0 Å². The van der Waals surface area contributed by atoms with E-state index in [0.29, 0.717) is 0 Å². The van der Waals surface area contributed by atoms with Crippen LogP contribution in [0.15, 0.2) is 43.0 Å². The third-order valence-electron chi connectivity index (χ3n) is 2.50. The number of benzene rings is 1. The van der Waals surface area contributed by atoms with Crippen molar-refractivity contribution in [1.29, 1.82) is 0 Å². The van der Waals surface area contributed by atoms with E-state index in [1.165, 1.54) is 8.96 Å². The maximum Gasteiger partial charge on any atom is 0.116 e. The Labute approximate surface area is 106 Å². The number of rotatable bonds is 1. The maximum absolute atomic E-state index is 4.27. The van der Waals surface area contributed by atoms with Crippen molar-refractivity contribution in [2.75, 3.05) is 0 Å². The number of halogens is 1. The van der Waals surface area contributed by atoms with Crippen LogP contribution in [0.1, 0.15) is 0 Å². The lowest BCUT2D eigenvalue weighted by Crippen LogP contribution is -1.82. The summed E-state index contributed by atoms with van der Waals surface area (Å²) >= 11 is 2.31. The second kappa shape index (κ2) is 3.86. The highest BCUT2D eigenvalue weighted by Gasteiger charge is 2.06. The van der Waals surface area contributed by atoms with Gasteiger partial charge < -0.3 is 4.98 Å². The summed E-state index contributed by atoms with van der Waals surface area (Å²) in [5.41, 5.74) is 3.20. The molecule has 0 amide bonds. The number of nitrogens with zero attached hydrogens (tertiary/aromatic N) is 2. The van der Waals surface area contributed by atoms with Crippen LogP contribution in [0.2, 0.25) is 0 Å². The summed E-state index contributed by atoms with van der Waals surface area (Å²) in [6, 6.07) is 8.25. The summed E-state index contributed by atoms with van der Waals surface area (Å²) in [7, 11) is 0. The molecule has 3 nitrogen and oxygen atoms in total. The molecule has 3 aromatic rings. The first-order valence-corrected chi connectivity index (χ1v) is 5.95. The zero-order valence-corrected chi connectivity index (χ0v) is 10.5. The van der Waals surface area contributed by atoms with Gasteiger partial charge in [0.15, 0.2) is 0 Å². The van der Waals surface area contributed by atoms with Crippen LogP contribution in [0.25, 0.3) is 22.2 Å². The topological polar surface area (TPSA) is 41.6 Å². The standard InChI is InChI=1S/C12H8IN3/c13-8-1-2-11-9(5-8)10(6-15-11)12-3-4-14-7-16-12/h1-7,15H. The molecule has 0 saturated carbocycles. The number of aromatic amines is 1. The van der Waals surface area contributed by atoms with Crippen LogP contribution in [-0.2, 0) is 0 Å². The quantitative estimate of drug-likeness (QED) is 0.699. The van der Waals surface area contributed by atoms with Crippen LogP contribution >= 0.6 is 22.6 Å². The highest BCUT2D eigenvalue weighted by molar-refractivity contribution is 14.1. The van der Waals surface area contributed by atoms with Crippen LogP contribution in [0.4, 0.5) is 0 Å². The second-order valence-electron chi connectivity index (χ2n) is 3.49. The van der Waals surface area contributed by atoms with Crippen molar-refractivity contribution in [2.24, 2.45) is 0 Å². The van der Waals surface area contributed by atoms with Crippen molar-refractivity contribution >= 4 is 33.5 Å². The van der Waals surface area contributed by atoms with Gasteiger partial charge in [0, 0.05) is 32.4 Å². The molecule has 1 N–H and O–H groups in total. The molecule has 0 atom stereocenters. The Balaban J connectivity index is 2.29. The fourth-order valence-corrected chi connectivity index (χ4v) is 2.25. The number of hydrogen-bond donors (Lipinski definition) is 1. The fraction of sp³-hybridized carbons (Fsp3) is 0. The number of fused-ring (bicyclic) bond motifs is 1. The van der Waals surface area contributed by atoms with Crippen molar-refractivity contribution in [3.05, 3.63) is 46.6 Å². The molecular weight excluding hydrogens is 313 g/mol. The van der Waals surface area contributed by atoms with E-state index in [2.05, 4.69) is 55.7 Å². The first-order valence-electron chi connectivity index (χ1n) is 4.87. The van der Waals surface area contributed by atoms with Crippen molar-refractivity contribution in [1.82, 2.24) is 15.0 Å². The predicted octanol–water partition coefficient (Wildman–Crippen LogP) is 3.23. The zero-order valence-electron chi connectivity index (χ0n) is 8.31. The zero-order chi connectivity index (χ0) is 11.0. The normalized spacial score (nSPS) is 10.8. The Kier molecular flexibility index (Phi) is 2.36. The van der Waals surface area contributed by atoms with Gasteiger partial charge in [0.2, 0.25) is 0 Å². The van der Waals surface area contributed by atoms with Crippen molar-refractivity contribution in [2.45, 2.75) is 0 Å². The number of aromatic nitrogens is 3. The molecule has 2 heterocycles. The average molecular weight is 321 g/mol. The molecule has 0 aliphatic heterocycles. The molecular formula is C12H8IN3. The molecule has 0 aliphatic carbocycles. The Morgan fingerprint density at radius 3 is 2.94 bits per heavy atom. The fourth-order valence-electron chi connectivity index (χ4n) is 1.75. The average Bonchev–Trinajstić information content (AvgIpc) is 2.73. The summed E-state index contributed by atoms with van der Waals surface area (Å²) in [6.07, 6.45) is 5.32. The number of H-pyrrole nitrogens is 1. The SMILES string of the molecule is Ic1ccc2[nH]cc(-c3ccncn3)c2c1. The molecule has 0 aliphatic rings. The minimum atomic E-state index is 0.947. The van der Waals surface area contributed by atoms with E-state index >= 15 is 0 Å². The highest BCUT2D eigenvalue weighted by atomic mass is 127. The largest absolute Gasteiger partial charge is 0.360 e. The van der Waals surface area contributed by atoms with Crippen LogP contribution in [0, 0.1) is 3.57 Å². The van der Waals surface area contributed by atoms with Crippen molar-refractivity contribution in [3.63, 3.8) is 0 Å². The van der Waals surface area contributed by atoms with E-state index in [1.807, 2.05) is 12.3 Å². The van der Waals surface area contributed by atoms with Gasteiger partial charge in [-0.25, -0.2) is 9.97 Å². The monoisotopic (exact) mass is 321 g/mol. The summed E-state index contributed by atoms with van der Waals surface area (Å²) in [4.78, 5) is 11.4. The van der Waals surface area contributed by atoms with E-state index in [0.717, 1.165) is 16.8 Å². The minimum absolute atomic E-state index is 0.947.